The van der Waals surface area contributed by atoms with E-state index in [1.165, 1.54) is 49.6 Å². The first-order valence-electron chi connectivity index (χ1n) is 18.9. The minimum absolute atomic E-state index is 0.0333. The number of esters is 4. The maximum Gasteiger partial charge on any atom is 0.341 e. The molecule has 0 radical (unpaired) electrons. The molecule has 322 valence electrons. The Kier molecular flexibility index (Phi) is 25.5. The standard InChI is InChI=1S/C11H14O3.C10H12O3.C9H10O3.C8H8O3.C8H10O2/c1-2-3-8-14-11(13)9-6-4-5-7-10(9)12;1-2-7-13-10(12)8-5-3-4-6-9(8)11;1-2-12-9(11)7-5-3-4-6-8(7)10;1-11-8(10)6-4-2-3-5-7(6)9;1-7(9)10-8-5-3-2-4-6-8/h4-7,12H,2-3,8H2,1H3;3-6,11H,2,7H2,1H3;3-6,10H,2H2,1H3;2-5,9H,1H3;2-7,9H,1H3. The van der Waals surface area contributed by atoms with Crippen molar-refractivity contribution in [2.45, 2.75) is 53.2 Å². The van der Waals surface area contributed by atoms with Crippen LogP contribution < -0.4 is 4.74 Å². The molecule has 0 amide bonds. The molecule has 5 rings (SSSR count). The largest absolute Gasteiger partial charge is 0.507 e. The van der Waals surface area contributed by atoms with Crippen LogP contribution in [0.25, 0.3) is 0 Å². The van der Waals surface area contributed by atoms with E-state index in [2.05, 4.69) is 4.74 Å². The molecule has 0 heterocycles. The van der Waals surface area contributed by atoms with E-state index in [9.17, 15) is 34.5 Å². The van der Waals surface area contributed by atoms with Crippen molar-refractivity contribution < 1.29 is 68.4 Å². The van der Waals surface area contributed by atoms with Crippen molar-refractivity contribution in [3.8, 4) is 28.7 Å². The van der Waals surface area contributed by atoms with Crippen LogP contribution in [-0.4, -0.2) is 82.6 Å². The van der Waals surface area contributed by atoms with Gasteiger partial charge in [-0.25, -0.2) is 19.2 Å². The molecule has 5 aromatic carbocycles. The molecule has 1 atom stereocenters. The number of carbonyl (C=O) groups is 4. The van der Waals surface area contributed by atoms with Crippen molar-refractivity contribution in [1.82, 2.24) is 0 Å². The second-order valence-electron chi connectivity index (χ2n) is 11.9. The first kappa shape index (κ1) is 51.0. The maximum atomic E-state index is 11.4. The molecular formula is C46H54O14. The van der Waals surface area contributed by atoms with Crippen LogP contribution in [0, 0.1) is 0 Å². The van der Waals surface area contributed by atoms with Crippen LogP contribution in [0.1, 0.15) is 88.4 Å². The molecule has 0 spiro atoms. The molecule has 0 aliphatic heterocycles. The summed E-state index contributed by atoms with van der Waals surface area (Å²) in [7, 11) is 1.27. The van der Waals surface area contributed by atoms with Gasteiger partial charge in [0.2, 0.25) is 0 Å². The van der Waals surface area contributed by atoms with Crippen LogP contribution in [0.2, 0.25) is 0 Å². The fraction of sp³-hybridized carbons (Fsp3) is 0.261. The Morgan fingerprint density at radius 2 is 0.833 bits per heavy atom. The van der Waals surface area contributed by atoms with E-state index in [-0.39, 0.29) is 45.3 Å². The highest BCUT2D eigenvalue weighted by Crippen LogP contribution is 2.19. The summed E-state index contributed by atoms with van der Waals surface area (Å²) in [6, 6.07) is 34.5. The van der Waals surface area contributed by atoms with Crippen LogP contribution in [0.4, 0.5) is 0 Å². The van der Waals surface area contributed by atoms with Gasteiger partial charge in [0.25, 0.3) is 0 Å². The van der Waals surface area contributed by atoms with Gasteiger partial charge in [0.05, 0.1) is 26.9 Å². The average Bonchev–Trinajstić information content (AvgIpc) is 3.24. The smallest absolute Gasteiger partial charge is 0.341 e. The zero-order valence-electron chi connectivity index (χ0n) is 34.4. The van der Waals surface area contributed by atoms with Crippen LogP contribution in [-0.2, 0) is 18.9 Å². The molecule has 0 fully saturated rings. The Balaban J connectivity index is 0.000000377. The Bertz CT molecular complexity index is 2000. The van der Waals surface area contributed by atoms with Gasteiger partial charge in [0, 0.05) is 0 Å². The molecular weight excluding hydrogens is 776 g/mol. The highest BCUT2D eigenvalue weighted by Gasteiger charge is 2.12. The Hall–Kier alpha value is -7.06. The molecule has 0 saturated heterocycles. The summed E-state index contributed by atoms with van der Waals surface area (Å²) >= 11 is 0. The number of phenolic OH excluding ortho intramolecular Hbond substituents is 4. The number of aliphatic hydroxyl groups is 1. The molecule has 0 aromatic heterocycles. The van der Waals surface area contributed by atoms with Gasteiger partial charge in [-0.3, -0.25) is 0 Å². The lowest BCUT2D eigenvalue weighted by atomic mass is 10.2. The average molecular weight is 831 g/mol. The molecule has 0 aliphatic carbocycles. The Morgan fingerprint density at radius 1 is 0.483 bits per heavy atom. The fourth-order valence-electron chi connectivity index (χ4n) is 4.26. The number of aromatic hydroxyl groups is 4. The summed E-state index contributed by atoms with van der Waals surface area (Å²) in [6.45, 7) is 8.33. The van der Waals surface area contributed by atoms with E-state index in [4.69, 9.17) is 29.2 Å². The van der Waals surface area contributed by atoms with Crippen LogP contribution in [0.15, 0.2) is 127 Å². The third-order valence-electron chi connectivity index (χ3n) is 7.17. The number of hydrogen-bond acceptors (Lipinski definition) is 14. The second kappa shape index (κ2) is 30.1. The molecule has 5 N–H and O–H groups in total. The van der Waals surface area contributed by atoms with Gasteiger partial charge < -0.3 is 49.2 Å². The lowest BCUT2D eigenvalue weighted by Crippen LogP contribution is -2.08. The van der Waals surface area contributed by atoms with Gasteiger partial charge in [0.15, 0.2) is 6.29 Å². The zero-order valence-corrected chi connectivity index (χ0v) is 34.4. The third kappa shape index (κ3) is 20.4. The highest BCUT2D eigenvalue weighted by molar-refractivity contribution is 5.93. The van der Waals surface area contributed by atoms with Crippen LogP contribution >= 0.6 is 0 Å². The van der Waals surface area contributed by atoms with Gasteiger partial charge in [-0.1, -0.05) is 87.0 Å². The predicted octanol–water partition coefficient (Wildman–Crippen LogP) is 8.46. The topological polar surface area (TPSA) is 216 Å². The van der Waals surface area contributed by atoms with Gasteiger partial charge in [-0.2, -0.15) is 0 Å². The third-order valence-corrected chi connectivity index (χ3v) is 7.17. The first-order valence-corrected chi connectivity index (χ1v) is 18.9. The highest BCUT2D eigenvalue weighted by atomic mass is 16.6. The summed E-state index contributed by atoms with van der Waals surface area (Å²) in [5.74, 6) is -1.43. The number of aliphatic hydroxyl groups excluding tert-OH is 1. The predicted molar refractivity (Wildman–Crippen MR) is 224 cm³/mol. The molecule has 60 heavy (non-hydrogen) atoms. The minimum Gasteiger partial charge on any atom is -0.507 e. The monoisotopic (exact) mass is 830 g/mol. The van der Waals surface area contributed by atoms with Crippen molar-refractivity contribution in [1.29, 1.82) is 0 Å². The van der Waals surface area contributed by atoms with E-state index in [0.717, 1.165) is 19.3 Å². The molecule has 0 saturated carbocycles. The summed E-state index contributed by atoms with van der Waals surface area (Å²) < 4.78 is 23.9. The van der Waals surface area contributed by atoms with Gasteiger partial charge in [-0.05, 0) is 87.4 Å². The van der Waals surface area contributed by atoms with Crippen molar-refractivity contribution in [3.63, 3.8) is 0 Å². The molecule has 14 heteroatoms. The van der Waals surface area contributed by atoms with E-state index in [0.29, 0.717) is 25.6 Å². The number of rotatable bonds is 12. The molecule has 14 nitrogen and oxygen atoms in total. The second-order valence-corrected chi connectivity index (χ2v) is 11.9. The Morgan fingerprint density at radius 3 is 1.17 bits per heavy atom. The van der Waals surface area contributed by atoms with E-state index in [1.807, 2.05) is 32.0 Å². The van der Waals surface area contributed by atoms with Gasteiger partial charge >= 0.3 is 23.9 Å². The molecule has 5 aromatic rings. The summed E-state index contributed by atoms with van der Waals surface area (Å²) in [5, 5.41) is 45.7. The number of hydrogen-bond donors (Lipinski definition) is 5. The first-order chi connectivity index (χ1) is 28.8. The van der Waals surface area contributed by atoms with Crippen molar-refractivity contribution in [2.24, 2.45) is 0 Å². The normalized spacial score (nSPS) is 10.0. The van der Waals surface area contributed by atoms with Crippen molar-refractivity contribution in [2.75, 3.05) is 26.9 Å². The number of benzene rings is 5. The number of methoxy groups -OCH3 is 1. The summed E-state index contributed by atoms with van der Waals surface area (Å²) in [5.41, 5.74) is 0.842. The number of unbranched alkanes of at least 4 members (excludes halogenated alkanes) is 1. The van der Waals surface area contributed by atoms with Crippen LogP contribution in [0.5, 0.6) is 28.7 Å². The summed E-state index contributed by atoms with van der Waals surface area (Å²) in [6.07, 6.45) is 1.87. The van der Waals surface area contributed by atoms with Crippen LogP contribution in [0.3, 0.4) is 0 Å². The fourth-order valence-corrected chi connectivity index (χ4v) is 4.26. The van der Waals surface area contributed by atoms with Gasteiger partial charge in [-0.15, -0.1) is 0 Å². The lowest BCUT2D eigenvalue weighted by molar-refractivity contribution is -0.000334. The van der Waals surface area contributed by atoms with Crippen molar-refractivity contribution in [3.05, 3.63) is 150 Å². The Labute approximate surface area is 350 Å². The number of ether oxygens (including phenoxy) is 5. The van der Waals surface area contributed by atoms with E-state index >= 15 is 0 Å². The number of phenols is 4. The zero-order chi connectivity index (χ0) is 44.7. The van der Waals surface area contributed by atoms with E-state index in [1.54, 1.807) is 80.6 Å². The lowest BCUT2D eigenvalue weighted by Gasteiger charge is -2.06. The summed E-state index contributed by atoms with van der Waals surface area (Å²) in [4.78, 5) is 44.5. The maximum absolute atomic E-state index is 11.4. The van der Waals surface area contributed by atoms with Crippen molar-refractivity contribution >= 4 is 23.9 Å². The number of para-hydroxylation sites is 5. The number of carbonyl (C=O) groups excluding carboxylic acids is 4. The minimum atomic E-state index is -0.734. The van der Waals surface area contributed by atoms with E-state index < -0.39 is 30.2 Å². The SMILES string of the molecule is CC(O)Oc1ccccc1.CCCCOC(=O)c1ccccc1O.CCCOC(=O)c1ccccc1O.CCOC(=O)c1ccccc1O.COC(=O)c1ccccc1O. The molecule has 0 aliphatic rings. The molecule has 1 unspecified atom stereocenters. The van der Waals surface area contributed by atoms with Gasteiger partial charge in [0.1, 0.15) is 51.0 Å². The molecule has 0 bridgehead atoms. The quantitative estimate of drug-likeness (QED) is 0.0345.